The Morgan fingerprint density at radius 2 is 2.04 bits per heavy atom. The molecule has 24 heavy (non-hydrogen) atoms. The van der Waals surface area contributed by atoms with Gasteiger partial charge in [-0.1, -0.05) is 25.1 Å². The predicted molar refractivity (Wildman–Crippen MR) is 101 cm³/mol. The Balaban J connectivity index is 1.64. The van der Waals surface area contributed by atoms with Gasteiger partial charge in [-0.3, -0.25) is 0 Å². The molecule has 0 amide bonds. The lowest BCUT2D eigenvalue weighted by Gasteiger charge is -2.14. The van der Waals surface area contributed by atoms with Crippen molar-refractivity contribution in [2.45, 2.75) is 39.7 Å². The third-order valence-corrected chi connectivity index (χ3v) is 4.21. The van der Waals surface area contributed by atoms with Crippen LogP contribution >= 0.6 is 0 Å². The SMILES string of the molecule is CCC(C)Nc1cc(C)nc(NCCc2c[nH]c3ccccc23)n1. The Bertz CT molecular complexity index is 808. The predicted octanol–water partition coefficient (Wildman–Crippen LogP) is 4.13. The van der Waals surface area contributed by atoms with Crippen LogP contribution in [0.5, 0.6) is 0 Å². The molecular weight excluding hydrogens is 298 g/mol. The summed E-state index contributed by atoms with van der Waals surface area (Å²) in [5.74, 6) is 1.56. The number of nitrogens with zero attached hydrogens (tertiary/aromatic N) is 2. The van der Waals surface area contributed by atoms with Crippen molar-refractivity contribution in [3.8, 4) is 0 Å². The number of rotatable bonds is 7. The van der Waals surface area contributed by atoms with Gasteiger partial charge >= 0.3 is 0 Å². The Labute approximate surface area is 142 Å². The van der Waals surface area contributed by atoms with Crippen molar-refractivity contribution in [2.75, 3.05) is 17.2 Å². The third kappa shape index (κ3) is 3.85. The van der Waals surface area contributed by atoms with Gasteiger partial charge in [0.1, 0.15) is 5.82 Å². The number of aryl methyl sites for hydroxylation is 1. The molecule has 1 aromatic carbocycles. The van der Waals surface area contributed by atoms with Crippen LogP contribution in [0.15, 0.2) is 36.5 Å². The first-order valence-corrected chi connectivity index (χ1v) is 8.56. The summed E-state index contributed by atoms with van der Waals surface area (Å²) in [6, 6.07) is 10.8. The lowest BCUT2D eigenvalue weighted by atomic mass is 10.1. The molecular formula is C19H25N5. The second-order valence-corrected chi connectivity index (χ2v) is 6.21. The van der Waals surface area contributed by atoms with E-state index in [1.165, 1.54) is 16.5 Å². The zero-order chi connectivity index (χ0) is 16.9. The van der Waals surface area contributed by atoms with Crippen LogP contribution in [0.4, 0.5) is 11.8 Å². The van der Waals surface area contributed by atoms with Gasteiger partial charge in [0.2, 0.25) is 5.95 Å². The summed E-state index contributed by atoms with van der Waals surface area (Å²) in [5, 5.41) is 8.03. The molecule has 1 atom stereocenters. The van der Waals surface area contributed by atoms with E-state index in [2.05, 4.69) is 63.8 Å². The van der Waals surface area contributed by atoms with E-state index in [-0.39, 0.29) is 0 Å². The Hall–Kier alpha value is -2.56. The Kier molecular flexibility index (Phi) is 4.99. The van der Waals surface area contributed by atoms with Gasteiger partial charge in [0.05, 0.1) is 0 Å². The smallest absolute Gasteiger partial charge is 0.224 e. The van der Waals surface area contributed by atoms with Crippen molar-refractivity contribution in [1.29, 1.82) is 0 Å². The van der Waals surface area contributed by atoms with Crippen molar-refractivity contribution in [3.63, 3.8) is 0 Å². The van der Waals surface area contributed by atoms with E-state index < -0.39 is 0 Å². The lowest BCUT2D eigenvalue weighted by Crippen LogP contribution is -2.16. The van der Waals surface area contributed by atoms with Crippen LogP contribution in [0.25, 0.3) is 10.9 Å². The number of H-pyrrole nitrogens is 1. The molecule has 2 aromatic heterocycles. The first-order chi connectivity index (χ1) is 11.7. The maximum Gasteiger partial charge on any atom is 0.224 e. The van der Waals surface area contributed by atoms with Crippen molar-refractivity contribution in [2.24, 2.45) is 0 Å². The number of aromatic amines is 1. The van der Waals surface area contributed by atoms with Crippen LogP contribution in [0.2, 0.25) is 0 Å². The van der Waals surface area contributed by atoms with Crippen molar-refractivity contribution >= 4 is 22.7 Å². The minimum absolute atomic E-state index is 0.401. The summed E-state index contributed by atoms with van der Waals surface area (Å²) < 4.78 is 0. The number of fused-ring (bicyclic) bond motifs is 1. The van der Waals surface area contributed by atoms with Crippen molar-refractivity contribution in [3.05, 3.63) is 47.8 Å². The van der Waals surface area contributed by atoms with Crippen molar-refractivity contribution in [1.82, 2.24) is 15.0 Å². The van der Waals surface area contributed by atoms with E-state index in [0.29, 0.717) is 12.0 Å². The molecule has 0 spiro atoms. The monoisotopic (exact) mass is 323 g/mol. The highest BCUT2D eigenvalue weighted by Crippen LogP contribution is 2.18. The largest absolute Gasteiger partial charge is 0.367 e. The maximum absolute atomic E-state index is 4.56. The zero-order valence-corrected chi connectivity index (χ0v) is 14.6. The van der Waals surface area contributed by atoms with E-state index in [0.717, 1.165) is 30.9 Å². The molecule has 5 nitrogen and oxygen atoms in total. The first kappa shape index (κ1) is 16.3. The minimum Gasteiger partial charge on any atom is -0.367 e. The molecule has 0 aliphatic rings. The fourth-order valence-electron chi connectivity index (χ4n) is 2.72. The number of hydrogen-bond acceptors (Lipinski definition) is 4. The number of hydrogen-bond donors (Lipinski definition) is 3. The second kappa shape index (κ2) is 7.34. The van der Waals surface area contributed by atoms with Crippen LogP contribution < -0.4 is 10.6 Å². The average Bonchev–Trinajstić information content (AvgIpc) is 2.98. The molecule has 3 aromatic rings. The fourth-order valence-corrected chi connectivity index (χ4v) is 2.72. The molecule has 0 bridgehead atoms. The molecule has 0 saturated heterocycles. The second-order valence-electron chi connectivity index (χ2n) is 6.21. The number of aromatic nitrogens is 3. The number of anilines is 2. The van der Waals surface area contributed by atoms with Gasteiger partial charge in [-0.25, -0.2) is 4.98 Å². The molecule has 3 rings (SSSR count). The minimum atomic E-state index is 0.401. The molecule has 2 heterocycles. The fraction of sp³-hybridized carbons (Fsp3) is 0.368. The van der Waals surface area contributed by atoms with Crippen LogP contribution in [0, 0.1) is 6.92 Å². The molecule has 0 aliphatic carbocycles. The molecule has 0 fully saturated rings. The number of para-hydroxylation sites is 1. The van der Waals surface area contributed by atoms with Crippen LogP contribution in [0.1, 0.15) is 31.5 Å². The van der Waals surface area contributed by atoms with Gasteiger partial charge < -0.3 is 15.6 Å². The molecule has 0 saturated carbocycles. The van der Waals surface area contributed by atoms with Gasteiger partial charge in [-0.15, -0.1) is 0 Å². The molecule has 126 valence electrons. The summed E-state index contributed by atoms with van der Waals surface area (Å²) in [6.45, 7) is 7.11. The summed E-state index contributed by atoms with van der Waals surface area (Å²) >= 11 is 0. The summed E-state index contributed by atoms with van der Waals surface area (Å²) in [6.07, 6.45) is 4.07. The number of nitrogens with one attached hydrogen (secondary N) is 3. The van der Waals surface area contributed by atoms with E-state index in [4.69, 9.17) is 0 Å². The van der Waals surface area contributed by atoms with Gasteiger partial charge in [0.15, 0.2) is 0 Å². The van der Waals surface area contributed by atoms with Gasteiger partial charge in [-0.2, -0.15) is 4.98 Å². The summed E-state index contributed by atoms with van der Waals surface area (Å²) in [7, 11) is 0. The maximum atomic E-state index is 4.56. The van der Waals surface area contributed by atoms with Gasteiger partial charge in [0, 0.05) is 41.4 Å². The molecule has 0 radical (unpaired) electrons. The van der Waals surface area contributed by atoms with Crippen molar-refractivity contribution < 1.29 is 0 Å². The molecule has 5 heteroatoms. The summed E-state index contributed by atoms with van der Waals surface area (Å²) in [4.78, 5) is 12.4. The quantitative estimate of drug-likeness (QED) is 0.611. The highest BCUT2D eigenvalue weighted by Gasteiger charge is 2.06. The van der Waals surface area contributed by atoms with E-state index >= 15 is 0 Å². The molecule has 0 aliphatic heterocycles. The Morgan fingerprint density at radius 1 is 1.21 bits per heavy atom. The van der Waals surface area contributed by atoms with E-state index in [9.17, 15) is 0 Å². The standard InChI is InChI=1S/C19H25N5/c1-4-13(2)22-18-11-14(3)23-19(24-18)20-10-9-15-12-21-17-8-6-5-7-16(15)17/h5-8,11-13,21H,4,9-10H2,1-3H3,(H2,20,22,23,24). The highest BCUT2D eigenvalue weighted by molar-refractivity contribution is 5.83. The lowest BCUT2D eigenvalue weighted by molar-refractivity contribution is 0.758. The molecule has 1 unspecified atom stereocenters. The highest BCUT2D eigenvalue weighted by atomic mass is 15.1. The van der Waals surface area contributed by atoms with Gasteiger partial charge in [0.25, 0.3) is 0 Å². The first-order valence-electron chi connectivity index (χ1n) is 8.56. The van der Waals surface area contributed by atoms with Crippen LogP contribution in [0.3, 0.4) is 0 Å². The van der Waals surface area contributed by atoms with Crippen LogP contribution in [-0.2, 0) is 6.42 Å². The zero-order valence-electron chi connectivity index (χ0n) is 14.6. The van der Waals surface area contributed by atoms with E-state index in [1.54, 1.807) is 0 Å². The number of benzene rings is 1. The topological polar surface area (TPSA) is 65.6 Å². The van der Waals surface area contributed by atoms with E-state index in [1.807, 2.05) is 19.1 Å². The third-order valence-electron chi connectivity index (χ3n) is 4.21. The Morgan fingerprint density at radius 3 is 2.88 bits per heavy atom. The average molecular weight is 323 g/mol. The summed E-state index contributed by atoms with van der Waals surface area (Å²) in [5.41, 5.74) is 3.45. The van der Waals surface area contributed by atoms with Crippen LogP contribution in [-0.4, -0.2) is 27.5 Å². The normalized spacial score (nSPS) is 12.3. The van der Waals surface area contributed by atoms with Gasteiger partial charge in [-0.05, 0) is 38.3 Å². The molecule has 3 N–H and O–H groups in total.